The summed E-state index contributed by atoms with van der Waals surface area (Å²) in [5.74, 6) is -0.355. The van der Waals surface area contributed by atoms with E-state index in [4.69, 9.17) is 11.6 Å². The Bertz CT molecular complexity index is 793. The second-order valence-electron chi connectivity index (χ2n) is 4.90. The van der Waals surface area contributed by atoms with Crippen LogP contribution in [0.5, 0.6) is 0 Å². The predicted molar refractivity (Wildman–Crippen MR) is 90.8 cm³/mol. The van der Waals surface area contributed by atoms with Gasteiger partial charge in [-0.05, 0) is 12.8 Å². The zero-order valence-corrected chi connectivity index (χ0v) is 14.4. The molecule has 25 heavy (non-hydrogen) atoms. The van der Waals surface area contributed by atoms with Gasteiger partial charge in [0.1, 0.15) is 5.15 Å². The number of unbranched alkanes of at least 4 members (excludes halogenated alkanes) is 1. The Balaban J connectivity index is 0.00000151. The number of imidazole rings is 1. The zero-order chi connectivity index (χ0) is 19.2. The van der Waals surface area contributed by atoms with E-state index in [1.165, 1.54) is 17.7 Å². The first-order valence-electron chi connectivity index (χ1n) is 7.27. The molecule has 0 atom stereocenters. The van der Waals surface area contributed by atoms with Gasteiger partial charge < -0.3 is 20.1 Å². The van der Waals surface area contributed by atoms with Crippen LogP contribution in [0.25, 0.3) is 11.0 Å². The van der Waals surface area contributed by atoms with Crippen LogP contribution >= 0.6 is 11.6 Å². The molecule has 138 valence electrons. The van der Waals surface area contributed by atoms with Crippen molar-refractivity contribution in [3.05, 3.63) is 41.1 Å². The fraction of sp³-hybridized carbons (Fsp3) is 0.400. The smallest absolute Gasteiger partial charge is 0.377 e. The number of ether oxygens (including phenoxy) is 1. The molecule has 0 aliphatic carbocycles. The van der Waals surface area contributed by atoms with Crippen molar-refractivity contribution < 1.29 is 24.9 Å². The molecule has 2 aromatic heterocycles. The van der Waals surface area contributed by atoms with Crippen molar-refractivity contribution in [2.45, 2.75) is 31.9 Å². The van der Waals surface area contributed by atoms with E-state index in [1.807, 2.05) is 0 Å². The highest BCUT2D eigenvalue weighted by Gasteiger charge is 2.29. The minimum absolute atomic E-state index is 0.0138. The number of aliphatic hydroxyl groups is 3. The molecule has 0 spiro atoms. The number of carbonyl (C=O) groups excluding carboxylic acids is 1. The van der Waals surface area contributed by atoms with Gasteiger partial charge in [0.15, 0.2) is 0 Å². The molecule has 0 unspecified atom stereocenters. The van der Waals surface area contributed by atoms with Gasteiger partial charge in [0.05, 0.1) is 24.3 Å². The Hall–Kier alpha value is -2.20. The molecule has 0 radical (unpaired) electrons. The highest BCUT2D eigenvalue weighted by atomic mass is 35.5. The maximum absolute atomic E-state index is 12.3. The molecule has 10 heteroatoms. The van der Waals surface area contributed by atoms with E-state index in [-0.39, 0.29) is 35.1 Å². The number of carbonyl (C=O) groups is 1. The Morgan fingerprint density at radius 3 is 2.52 bits per heavy atom. The van der Waals surface area contributed by atoms with Crippen molar-refractivity contribution in [3.8, 4) is 0 Å². The topological polar surface area (TPSA) is 127 Å². The zero-order valence-electron chi connectivity index (χ0n) is 13.7. The van der Waals surface area contributed by atoms with E-state index in [0.717, 1.165) is 6.20 Å². The maximum atomic E-state index is 12.3. The fourth-order valence-corrected chi connectivity index (χ4v) is 2.43. The molecule has 2 heterocycles. The molecular formula is C15H20ClN3O6. The first-order valence-corrected chi connectivity index (χ1v) is 7.64. The van der Waals surface area contributed by atoms with Crippen molar-refractivity contribution >= 4 is 28.6 Å². The third kappa shape index (κ3) is 4.89. The first-order chi connectivity index (χ1) is 11.8. The van der Waals surface area contributed by atoms with Crippen LogP contribution in [0.2, 0.25) is 5.15 Å². The third-order valence-corrected chi connectivity index (χ3v) is 3.53. The number of hydrogen-bond donors (Lipinski definition) is 3. The van der Waals surface area contributed by atoms with Crippen LogP contribution in [0.4, 0.5) is 0 Å². The summed E-state index contributed by atoms with van der Waals surface area (Å²) in [5.41, 5.74) is -0.538. The van der Waals surface area contributed by atoms with Crippen LogP contribution in [0.3, 0.4) is 0 Å². The second kappa shape index (κ2) is 8.77. The molecule has 0 amide bonds. The van der Waals surface area contributed by atoms with Gasteiger partial charge in [0.25, 0.3) is 0 Å². The van der Waals surface area contributed by atoms with Crippen LogP contribution in [0.15, 0.2) is 30.2 Å². The van der Waals surface area contributed by atoms with Crippen LogP contribution in [-0.4, -0.2) is 42.5 Å². The molecule has 0 aliphatic rings. The average Bonchev–Trinajstić information content (AvgIpc) is 2.84. The lowest BCUT2D eigenvalue weighted by atomic mass is 10.2. The Labute approximate surface area is 148 Å². The minimum Gasteiger partial charge on any atom is -0.469 e. The Kier molecular flexibility index (Phi) is 7.31. The largest absolute Gasteiger partial charge is 0.469 e. The number of halogens is 1. The number of nitrogens with zero attached hydrogens (tertiary/aromatic N) is 3. The lowest BCUT2D eigenvalue weighted by Gasteiger charge is -2.14. The average molecular weight is 374 g/mol. The molecule has 9 nitrogen and oxygen atoms in total. The SMILES string of the molecule is C=C.COC(=O)CCCCn1c(=O)n(C(O)(O)O)c2cnc(Cl)cc21. The van der Waals surface area contributed by atoms with Gasteiger partial charge in [0, 0.05) is 19.0 Å². The van der Waals surface area contributed by atoms with Crippen molar-refractivity contribution in [1.82, 2.24) is 14.1 Å². The highest BCUT2D eigenvalue weighted by Crippen LogP contribution is 2.20. The van der Waals surface area contributed by atoms with Crippen molar-refractivity contribution in [3.63, 3.8) is 0 Å². The number of fused-ring (bicyclic) bond motifs is 1. The standard InChI is InChI=1S/C13H16ClN3O6.C2H4/c1-23-11(18)4-2-3-5-16-8-6-10(14)15-7-9(8)17(12(16)19)13(20,21)22;1-2/h6-7,20-22H,2-5H2,1H3;1-2H2. The van der Waals surface area contributed by atoms with Gasteiger partial charge in [-0.2, -0.15) is 0 Å². The maximum Gasteiger partial charge on any atom is 0.377 e. The second-order valence-corrected chi connectivity index (χ2v) is 5.29. The minimum atomic E-state index is -3.36. The quantitative estimate of drug-likeness (QED) is 0.222. The molecule has 2 aromatic rings. The van der Waals surface area contributed by atoms with Gasteiger partial charge in [-0.15, -0.1) is 13.2 Å². The lowest BCUT2D eigenvalue weighted by Crippen LogP contribution is -2.41. The number of hydrogen-bond acceptors (Lipinski definition) is 7. The Morgan fingerprint density at radius 2 is 1.96 bits per heavy atom. The van der Waals surface area contributed by atoms with Gasteiger partial charge in [-0.3, -0.25) is 9.36 Å². The molecular weight excluding hydrogens is 354 g/mol. The molecule has 0 fully saturated rings. The van der Waals surface area contributed by atoms with E-state index in [2.05, 4.69) is 22.9 Å². The summed E-state index contributed by atoms with van der Waals surface area (Å²) in [6.07, 6.45) is -1.06. The summed E-state index contributed by atoms with van der Waals surface area (Å²) < 4.78 is 6.14. The molecule has 0 aromatic carbocycles. The van der Waals surface area contributed by atoms with Crippen LogP contribution in [0.1, 0.15) is 19.3 Å². The summed E-state index contributed by atoms with van der Waals surface area (Å²) in [7, 11) is 1.29. The van der Waals surface area contributed by atoms with E-state index in [0.29, 0.717) is 17.4 Å². The summed E-state index contributed by atoms with van der Waals surface area (Å²) >= 11 is 5.80. The van der Waals surface area contributed by atoms with Gasteiger partial charge >= 0.3 is 17.8 Å². The number of esters is 1. The van der Waals surface area contributed by atoms with E-state index in [9.17, 15) is 24.9 Å². The van der Waals surface area contributed by atoms with Crippen LogP contribution in [-0.2, 0) is 22.2 Å². The third-order valence-electron chi connectivity index (χ3n) is 3.32. The molecule has 0 saturated heterocycles. The molecule has 2 rings (SSSR count). The normalized spacial score (nSPS) is 11.1. The highest BCUT2D eigenvalue weighted by molar-refractivity contribution is 6.29. The number of methoxy groups -OCH3 is 1. The van der Waals surface area contributed by atoms with Crippen molar-refractivity contribution in [1.29, 1.82) is 0 Å². The molecule has 0 saturated carbocycles. The summed E-state index contributed by atoms with van der Waals surface area (Å²) in [6.45, 7) is 6.19. The lowest BCUT2D eigenvalue weighted by molar-refractivity contribution is -0.374. The predicted octanol–water partition coefficient (Wildman–Crippen LogP) is 0.542. The van der Waals surface area contributed by atoms with E-state index in [1.54, 1.807) is 0 Å². The van der Waals surface area contributed by atoms with Crippen molar-refractivity contribution in [2.24, 2.45) is 0 Å². The monoisotopic (exact) mass is 373 g/mol. The number of rotatable bonds is 6. The van der Waals surface area contributed by atoms with Gasteiger partial charge in [-0.1, -0.05) is 11.6 Å². The molecule has 0 aliphatic heterocycles. The first kappa shape index (κ1) is 20.8. The summed E-state index contributed by atoms with van der Waals surface area (Å²) in [4.78, 5) is 27.1. The summed E-state index contributed by atoms with van der Waals surface area (Å²) in [5, 5.41) is 28.2. The molecule has 3 N–H and O–H groups in total. The van der Waals surface area contributed by atoms with E-state index >= 15 is 0 Å². The van der Waals surface area contributed by atoms with Crippen molar-refractivity contribution in [2.75, 3.05) is 7.11 Å². The summed E-state index contributed by atoms with van der Waals surface area (Å²) in [6, 6.07) is 1.38. The van der Waals surface area contributed by atoms with Gasteiger partial charge in [-0.25, -0.2) is 14.3 Å². The number of pyridine rings is 1. The Morgan fingerprint density at radius 1 is 1.32 bits per heavy atom. The number of aryl methyl sites for hydroxylation is 1. The molecule has 0 bridgehead atoms. The van der Waals surface area contributed by atoms with Crippen LogP contribution in [0, 0.1) is 0 Å². The van der Waals surface area contributed by atoms with Gasteiger partial charge in [0.2, 0.25) is 0 Å². The van der Waals surface area contributed by atoms with Crippen LogP contribution < -0.4 is 5.69 Å². The number of aromatic nitrogens is 3. The fourth-order valence-electron chi connectivity index (χ4n) is 2.28. The van der Waals surface area contributed by atoms with E-state index < -0.39 is 11.8 Å².